The molecule has 0 saturated carbocycles. The number of imide groups is 1. The Kier molecular flexibility index (Phi) is 9.96. The largest absolute Gasteiger partial charge is 0.494 e. The van der Waals surface area contributed by atoms with Gasteiger partial charge in [0.05, 0.1) is 22.6 Å². The number of amides is 4. The van der Waals surface area contributed by atoms with Gasteiger partial charge in [-0.05, 0) is 85.8 Å². The molecule has 1 heterocycles. The van der Waals surface area contributed by atoms with Gasteiger partial charge >= 0.3 is 0 Å². The van der Waals surface area contributed by atoms with Crippen LogP contribution in [-0.4, -0.2) is 35.5 Å². The topological polar surface area (TPSA) is 105 Å². The summed E-state index contributed by atoms with van der Waals surface area (Å²) < 4.78 is 20.0. The molecule has 1 aliphatic rings. The highest BCUT2D eigenvalue weighted by Crippen LogP contribution is 2.35. The van der Waals surface area contributed by atoms with Crippen LogP contribution in [0.25, 0.3) is 6.08 Å². The van der Waals surface area contributed by atoms with E-state index in [1.807, 2.05) is 6.92 Å². The maximum atomic E-state index is 14.6. The van der Waals surface area contributed by atoms with Gasteiger partial charge in [-0.2, -0.15) is 0 Å². The van der Waals surface area contributed by atoms with Crippen LogP contribution < -0.4 is 20.3 Å². The third-order valence-corrected chi connectivity index (χ3v) is 8.25. The van der Waals surface area contributed by atoms with Gasteiger partial charge in [-0.25, -0.2) is 9.29 Å². The van der Waals surface area contributed by atoms with Crippen LogP contribution in [0.5, 0.6) is 5.75 Å². The number of rotatable bonds is 10. The van der Waals surface area contributed by atoms with Crippen LogP contribution in [0.4, 0.5) is 15.8 Å². The molecule has 0 aromatic heterocycles. The van der Waals surface area contributed by atoms with Gasteiger partial charge in [0, 0.05) is 28.1 Å². The van der Waals surface area contributed by atoms with Crippen LogP contribution in [0.1, 0.15) is 29.3 Å². The van der Waals surface area contributed by atoms with Gasteiger partial charge in [-0.3, -0.25) is 19.2 Å². The minimum atomic E-state index is -0.707. The fraction of sp³-hybridized carbons (Fsp3) is 0.118. The predicted molar refractivity (Wildman–Crippen MR) is 173 cm³/mol. The summed E-state index contributed by atoms with van der Waals surface area (Å²) in [5.41, 5.74) is 0.889. The van der Waals surface area contributed by atoms with E-state index in [1.54, 1.807) is 78.9 Å². The maximum Gasteiger partial charge on any atom is 0.272 e. The van der Waals surface area contributed by atoms with Crippen molar-refractivity contribution in [3.8, 4) is 5.75 Å². The molecule has 5 rings (SSSR count). The lowest BCUT2D eigenvalue weighted by Crippen LogP contribution is -2.31. The average molecular weight is 644 g/mol. The summed E-state index contributed by atoms with van der Waals surface area (Å²) in [6.07, 6.45) is 1.22. The SMILES string of the molecule is CCOc1ccc(N2C(=O)CC(Sc3ccc(NC(=O)/C(=C/c4c(F)cccc4Cl)NC(=O)c4ccccc4)cc3)C2=O)cc1. The van der Waals surface area contributed by atoms with E-state index in [2.05, 4.69) is 10.6 Å². The maximum absolute atomic E-state index is 14.6. The average Bonchev–Trinajstić information content (AvgIpc) is 3.32. The first kappa shape index (κ1) is 31.5. The van der Waals surface area contributed by atoms with Gasteiger partial charge < -0.3 is 15.4 Å². The standard InChI is InChI=1S/C34H27ClFN3O5S/c1-2-44-24-15-13-23(14-16-24)39-31(40)20-30(34(39)43)45-25-17-11-22(12-18-25)37-33(42)29(19-26-27(35)9-6-10-28(26)36)38-32(41)21-7-4-3-5-8-21/h3-19,30H,2,20H2,1H3,(H,37,42)(H,38,41)/b29-19-. The van der Waals surface area contributed by atoms with Crippen LogP contribution >= 0.6 is 23.4 Å². The first-order chi connectivity index (χ1) is 21.7. The first-order valence-electron chi connectivity index (χ1n) is 13.9. The molecule has 1 atom stereocenters. The number of thioether (sulfide) groups is 1. The van der Waals surface area contributed by atoms with Gasteiger partial charge in [0.15, 0.2) is 0 Å². The molecule has 2 N–H and O–H groups in total. The van der Waals surface area contributed by atoms with Gasteiger partial charge in [-0.15, -0.1) is 11.8 Å². The molecule has 0 spiro atoms. The fourth-order valence-electron chi connectivity index (χ4n) is 4.54. The van der Waals surface area contributed by atoms with E-state index in [0.717, 1.165) is 0 Å². The lowest BCUT2D eigenvalue weighted by molar-refractivity contribution is -0.121. The van der Waals surface area contributed by atoms with Crippen molar-refractivity contribution in [2.45, 2.75) is 23.5 Å². The van der Waals surface area contributed by atoms with Crippen molar-refractivity contribution in [2.75, 3.05) is 16.8 Å². The van der Waals surface area contributed by atoms with E-state index < -0.39 is 22.9 Å². The van der Waals surface area contributed by atoms with Crippen LogP contribution in [0, 0.1) is 5.82 Å². The second-order valence-corrected chi connectivity index (χ2v) is 11.5. The van der Waals surface area contributed by atoms with Gasteiger partial charge in [-0.1, -0.05) is 35.9 Å². The Labute approximate surface area is 268 Å². The number of hydrogen-bond donors (Lipinski definition) is 2. The molecule has 4 aromatic carbocycles. The zero-order valence-corrected chi connectivity index (χ0v) is 25.5. The van der Waals surface area contributed by atoms with E-state index in [-0.39, 0.29) is 34.5 Å². The highest BCUT2D eigenvalue weighted by molar-refractivity contribution is 8.00. The molecule has 4 aromatic rings. The van der Waals surface area contributed by atoms with E-state index in [4.69, 9.17) is 16.3 Å². The molecular weight excluding hydrogens is 617 g/mol. The highest BCUT2D eigenvalue weighted by atomic mass is 35.5. The number of carbonyl (C=O) groups is 4. The minimum Gasteiger partial charge on any atom is -0.494 e. The van der Waals surface area contributed by atoms with Gasteiger partial charge in [0.25, 0.3) is 11.8 Å². The number of hydrogen-bond acceptors (Lipinski definition) is 6. The zero-order chi connectivity index (χ0) is 31.9. The third kappa shape index (κ3) is 7.60. The molecule has 45 heavy (non-hydrogen) atoms. The molecule has 8 nitrogen and oxygen atoms in total. The molecule has 4 amide bonds. The van der Waals surface area contributed by atoms with Crippen molar-refractivity contribution in [3.63, 3.8) is 0 Å². The van der Waals surface area contributed by atoms with Crippen molar-refractivity contribution in [1.82, 2.24) is 5.32 Å². The number of nitrogens with one attached hydrogen (secondary N) is 2. The van der Waals surface area contributed by atoms with E-state index in [9.17, 15) is 23.6 Å². The zero-order valence-electron chi connectivity index (χ0n) is 24.0. The summed E-state index contributed by atoms with van der Waals surface area (Å²) in [7, 11) is 0. The quantitative estimate of drug-likeness (QED) is 0.147. The molecule has 0 radical (unpaired) electrons. The predicted octanol–water partition coefficient (Wildman–Crippen LogP) is 6.71. The molecule has 1 fully saturated rings. The number of ether oxygens (including phenoxy) is 1. The van der Waals surface area contributed by atoms with Crippen molar-refractivity contribution in [1.29, 1.82) is 0 Å². The molecule has 11 heteroatoms. The Hall–Kier alpha value is -4.93. The normalized spacial score (nSPS) is 14.8. The van der Waals surface area contributed by atoms with E-state index in [1.165, 1.54) is 40.9 Å². The summed E-state index contributed by atoms with van der Waals surface area (Å²) in [5, 5.41) is 4.71. The Morgan fingerprint density at radius 1 is 0.978 bits per heavy atom. The number of halogens is 2. The molecule has 1 saturated heterocycles. The Morgan fingerprint density at radius 3 is 2.36 bits per heavy atom. The number of anilines is 2. The van der Waals surface area contributed by atoms with Crippen molar-refractivity contribution >= 4 is 64.4 Å². The number of nitrogens with zero attached hydrogens (tertiary/aromatic N) is 1. The lowest BCUT2D eigenvalue weighted by atomic mass is 10.1. The van der Waals surface area contributed by atoms with Gasteiger partial charge in [0.2, 0.25) is 11.8 Å². The van der Waals surface area contributed by atoms with Crippen molar-refractivity contribution in [3.05, 3.63) is 125 Å². The Bertz CT molecular complexity index is 1750. The highest BCUT2D eigenvalue weighted by Gasteiger charge is 2.40. The lowest BCUT2D eigenvalue weighted by Gasteiger charge is -2.15. The second kappa shape index (κ2) is 14.2. The molecule has 0 aliphatic carbocycles. The molecule has 1 aliphatic heterocycles. The van der Waals surface area contributed by atoms with E-state index in [0.29, 0.717) is 34.2 Å². The van der Waals surface area contributed by atoms with Crippen molar-refractivity contribution < 1.29 is 28.3 Å². The smallest absolute Gasteiger partial charge is 0.272 e. The number of benzene rings is 4. The Balaban J connectivity index is 1.28. The third-order valence-electron chi connectivity index (χ3n) is 6.72. The van der Waals surface area contributed by atoms with Crippen LogP contribution in [0.3, 0.4) is 0 Å². The summed E-state index contributed by atoms with van der Waals surface area (Å²) in [5.74, 6) is -1.90. The Morgan fingerprint density at radius 2 is 1.69 bits per heavy atom. The van der Waals surface area contributed by atoms with Gasteiger partial charge in [0.1, 0.15) is 17.3 Å². The molecule has 228 valence electrons. The summed E-state index contributed by atoms with van der Waals surface area (Å²) in [6, 6.07) is 25.8. The molecule has 1 unspecified atom stereocenters. The number of carbonyl (C=O) groups excluding carboxylic acids is 4. The summed E-state index contributed by atoms with van der Waals surface area (Å²) in [4.78, 5) is 53.9. The summed E-state index contributed by atoms with van der Waals surface area (Å²) >= 11 is 7.42. The van der Waals surface area contributed by atoms with Crippen molar-refractivity contribution in [2.24, 2.45) is 0 Å². The summed E-state index contributed by atoms with van der Waals surface area (Å²) in [6.45, 7) is 2.38. The van der Waals surface area contributed by atoms with E-state index >= 15 is 0 Å². The first-order valence-corrected chi connectivity index (χ1v) is 15.2. The monoisotopic (exact) mass is 643 g/mol. The minimum absolute atomic E-state index is 0.0447. The second-order valence-electron chi connectivity index (χ2n) is 9.80. The van der Waals surface area contributed by atoms with Crippen LogP contribution in [-0.2, 0) is 14.4 Å². The molecule has 0 bridgehead atoms. The molecular formula is C34H27ClFN3O5S. The van der Waals surface area contributed by atoms with Crippen LogP contribution in [0.2, 0.25) is 5.02 Å². The fourth-order valence-corrected chi connectivity index (χ4v) is 5.81. The van der Waals surface area contributed by atoms with Crippen LogP contribution in [0.15, 0.2) is 108 Å².